The predicted octanol–water partition coefficient (Wildman–Crippen LogP) is 1.62. The molecule has 1 saturated heterocycles. The molecule has 1 aromatic carbocycles. The summed E-state index contributed by atoms with van der Waals surface area (Å²) in [7, 11) is 0. The van der Waals surface area contributed by atoms with Crippen LogP contribution in [0.3, 0.4) is 0 Å². The molecule has 20 heavy (non-hydrogen) atoms. The van der Waals surface area contributed by atoms with Crippen molar-refractivity contribution in [3.05, 3.63) is 29.3 Å². The van der Waals surface area contributed by atoms with E-state index in [-0.39, 0.29) is 13.2 Å². The molecule has 0 radical (unpaired) electrons. The molecule has 2 N–H and O–H groups in total. The number of ether oxygens (including phenoxy) is 1. The lowest BCUT2D eigenvalue weighted by Crippen LogP contribution is -2.54. The molecule has 1 atom stereocenters. The lowest BCUT2D eigenvalue weighted by Gasteiger charge is -2.33. The first kappa shape index (κ1) is 14.3. The predicted molar refractivity (Wildman–Crippen MR) is 73.9 cm³/mol. The number of hydrogen-bond donors (Lipinski definition) is 2. The Morgan fingerprint density at radius 1 is 1.35 bits per heavy atom. The zero-order valence-electron chi connectivity index (χ0n) is 11.5. The van der Waals surface area contributed by atoms with Gasteiger partial charge in [0.2, 0.25) is 0 Å². The fraction of sp³-hybridized carbons (Fsp3) is 0.429. The molecule has 6 heteroatoms. The number of nitrogens with zero attached hydrogens (tertiary/aromatic N) is 1. The molecule has 6 nitrogen and oxygen atoms in total. The van der Waals surface area contributed by atoms with Gasteiger partial charge in [-0.2, -0.15) is 0 Å². The van der Waals surface area contributed by atoms with E-state index in [1.165, 1.54) is 4.90 Å². The molecule has 0 bridgehead atoms. The zero-order valence-corrected chi connectivity index (χ0v) is 11.5. The molecular weight excluding hydrogens is 260 g/mol. The van der Waals surface area contributed by atoms with Crippen LogP contribution < -0.4 is 5.32 Å². The number of urea groups is 1. The van der Waals surface area contributed by atoms with Gasteiger partial charge in [0.25, 0.3) is 0 Å². The summed E-state index contributed by atoms with van der Waals surface area (Å²) in [5, 5.41) is 11.9. The summed E-state index contributed by atoms with van der Waals surface area (Å²) in [5.74, 6) is -1.05. The SMILES string of the molecule is Cc1cccc(C)c1NC(=O)N1CCOCC1C(=O)O. The quantitative estimate of drug-likeness (QED) is 0.861. The fourth-order valence-corrected chi connectivity index (χ4v) is 2.24. The van der Waals surface area contributed by atoms with E-state index >= 15 is 0 Å². The Labute approximate surface area is 117 Å². The molecular formula is C14H18N2O4. The van der Waals surface area contributed by atoms with Crippen LogP contribution in [-0.2, 0) is 9.53 Å². The van der Waals surface area contributed by atoms with Crippen molar-refractivity contribution in [3.8, 4) is 0 Å². The number of aliphatic carboxylic acids is 1. The van der Waals surface area contributed by atoms with E-state index in [9.17, 15) is 9.59 Å². The summed E-state index contributed by atoms with van der Waals surface area (Å²) < 4.78 is 5.12. The van der Waals surface area contributed by atoms with Crippen molar-refractivity contribution >= 4 is 17.7 Å². The number of para-hydroxylation sites is 1. The van der Waals surface area contributed by atoms with Gasteiger partial charge in [0, 0.05) is 12.2 Å². The van der Waals surface area contributed by atoms with Gasteiger partial charge in [0.15, 0.2) is 6.04 Å². The molecule has 1 aromatic rings. The molecule has 0 spiro atoms. The Morgan fingerprint density at radius 3 is 2.60 bits per heavy atom. The molecule has 1 aliphatic rings. The molecule has 2 rings (SSSR count). The van der Waals surface area contributed by atoms with Crippen LogP contribution in [0.2, 0.25) is 0 Å². The monoisotopic (exact) mass is 278 g/mol. The van der Waals surface area contributed by atoms with Crippen LogP contribution in [-0.4, -0.2) is 47.8 Å². The van der Waals surface area contributed by atoms with Gasteiger partial charge in [-0.1, -0.05) is 18.2 Å². The fourth-order valence-electron chi connectivity index (χ4n) is 2.24. The minimum Gasteiger partial charge on any atom is -0.480 e. The summed E-state index contributed by atoms with van der Waals surface area (Å²) in [5.41, 5.74) is 2.62. The number of carboxylic acid groups (broad SMARTS) is 1. The third-order valence-corrected chi connectivity index (χ3v) is 3.39. The van der Waals surface area contributed by atoms with Crippen LogP contribution in [0, 0.1) is 13.8 Å². The normalized spacial score (nSPS) is 18.7. The number of aryl methyl sites for hydroxylation is 2. The van der Waals surface area contributed by atoms with E-state index in [2.05, 4.69) is 5.32 Å². The Morgan fingerprint density at radius 2 is 2.00 bits per heavy atom. The maximum Gasteiger partial charge on any atom is 0.328 e. The molecule has 0 aromatic heterocycles. The molecule has 1 fully saturated rings. The van der Waals surface area contributed by atoms with Crippen molar-refractivity contribution in [1.82, 2.24) is 4.90 Å². The number of carbonyl (C=O) groups excluding carboxylic acids is 1. The van der Waals surface area contributed by atoms with Crippen LogP contribution in [0.5, 0.6) is 0 Å². The average molecular weight is 278 g/mol. The number of carbonyl (C=O) groups is 2. The average Bonchev–Trinajstić information content (AvgIpc) is 2.43. The maximum absolute atomic E-state index is 12.3. The van der Waals surface area contributed by atoms with Gasteiger partial charge in [-0.15, -0.1) is 0 Å². The third kappa shape index (κ3) is 2.91. The highest BCUT2D eigenvalue weighted by Gasteiger charge is 2.33. The van der Waals surface area contributed by atoms with Crippen molar-refractivity contribution in [1.29, 1.82) is 0 Å². The summed E-state index contributed by atoms with van der Waals surface area (Å²) in [6.07, 6.45) is 0. The van der Waals surface area contributed by atoms with Gasteiger partial charge >= 0.3 is 12.0 Å². The number of hydrogen-bond acceptors (Lipinski definition) is 3. The van der Waals surface area contributed by atoms with E-state index in [1.807, 2.05) is 32.0 Å². The van der Waals surface area contributed by atoms with Crippen LogP contribution in [0.4, 0.5) is 10.5 Å². The van der Waals surface area contributed by atoms with Gasteiger partial charge in [-0.25, -0.2) is 9.59 Å². The molecule has 0 aliphatic carbocycles. The number of anilines is 1. The Bertz CT molecular complexity index is 510. The molecule has 1 unspecified atom stereocenters. The van der Waals surface area contributed by atoms with Gasteiger partial charge in [-0.3, -0.25) is 0 Å². The first-order valence-corrected chi connectivity index (χ1v) is 6.45. The standard InChI is InChI=1S/C14H18N2O4/c1-9-4-3-5-10(2)12(9)15-14(19)16-6-7-20-8-11(16)13(17)18/h3-5,11H,6-8H2,1-2H3,(H,15,19)(H,17,18). The number of rotatable bonds is 2. The van der Waals surface area contributed by atoms with Crippen LogP contribution in [0.25, 0.3) is 0 Å². The third-order valence-electron chi connectivity index (χ3n) is 3.39. The van der Waals surface area contributed by atoms with Gasteiger partial charge in [-0.05, 0) is 25.0 Å². The molecule has 0 saturated carbocycles. The van der Waals surface area contributed by atoms with Gasteiger partial charge < -0.3 is 20.1 Å². The highest BCUT2D eigenvalue weighted by Crippen LogP contribution is 2.20. The van der Waals surface area contributed by atoms with E-state index < -0.39 is 18.0 Å². The van der Waals surface area contributed by atoms with Crippen LogP contribution in [0.1, 0.15) is 11.1 Å². The number of carboxylic acids is 1. The first-order valence-electron chi connectivity index (χ1n) is 6.45. The topological polar surface area (TPSA) is 78.9 Å². The Kier molecular flexibility index (Phi) is 4.24. The van der Waals surface area contributed by atoms with E-state index in [1.54, 1.807) is 0 Å². The van der Waals surface area contributed by atoms with Gasteiger partial charge in [0.05, 0.1) is 13.2 Å². The van der Waals surface area contributed by atoms with Crippen molar-refractivity contribution in [2.75, 3.05) is 25.1 Å². The Balaban J connectivity index is 2.16. The van der Waals surface area contributed by atoms with Crippen LogP contribution >= 0.6 is 0 Å². The molecule has 1 heterocycles. The maximum atomic E-state index is 12.3. The highest BCUT2D eigenvalue weighted by atomic mass is 16.5. The van der Waals surface area contributed by atoms with E-state index in [0.29, 0.717) is 6.61 Å². The first-order chi connectivity index (χ1) is 9.50. The van der Waals surface area contributed by atoms with Crippen molar-refractivity contribution in [2.24, 2.45) is 0 Å². The second kappa shape index (κ2) is 5.92. The number of morpholine rings is 1. The highest BCUT2D eigenvalue weighted by molar-refractivity contribution is 5.93. The second-order valence-corrected chi connectivity index (χ2v) is 4.82. The minimum atomic E-state index is -1.05. The van der Waals surface area contributed by atoms with Crippen LogP contribution in [0.15, 0.2) is 18.2 Å². The summed E-state index contributed by atoms with van der Waals surface area (Å²) in [6.45, 7) is 4.44. The second-order valence-electron chi connectivity index (χ2n) is 4.82. The molecule has 1 aliphatic heterocycles. The number of amides is 2. The van der Waals surface area contributed by atoms with Crippen molar-refractivity contribution in [3.63, 3.8) is 0 Å². The summed E-state index contributed by atoms with van der Waals surface area (Å²) in [4.78, 5) is 24.7. The number of nitrogens with one attached hydrogen (secondary N) is 1. The largest absolute Gasteiger partial charge is 0.480 e. The van der Waals surface area contributed by atoms with E-state index in [4.69, 9.17) is 9.84 Å². The van der Waals surface area contributed by atoms with E-state index in [0.717, 1.165) is 16.8 Å². The zero-order chi connectivity index (χ0) is 14.7. The minimum absolute atomic E-state index is 0.0233. The lowest BCUT2D eigenvalue weighted by molar-refractivity contribution is -0.147. The van der Waals surface area contributed by atoms with Gasteiger partial charge in [0.1, 0.15) is 0 Å². The smallest absolute Gasteiger partial charge is 0.328 e. The molecule has 108 valence electrons. The van der Waals surface area contributed by atoms with Crippen molar-refractivity contribution in [2.45, 2.75) is 19.9 Å². The Hall–Kier alpha value is -2.08. The van der Waals surface area contributed by atoms with Crippen molar-refractivity contribution < 1.29 is 19.4 Å². The summed E-state index contributed by atoms with van der Waals surface area (Å²) in [6, 6.07) is 4.37. The lowest BCUT2D eigenvalue weighted by atomic mass is 10.1. The molecule has 2 amide bonds. The number of benzene rings is 1. The summed E-state index contributed by atoms with van der Waals surface area (Å²) >= 11 is 0.